The van der Waals surface area contributed by atoms with Crippen molar-refractivity contribution >= 4 is 23.6 Å². The molecule has 0 saturated carbocycles. The number of halogens is 1. The summed E-state index contributed by atoms with van der Waals surface area (Å²) >= 11 is 5.73. The molecule has 21 heavy (non-hydrogen) atoms. The van der Waals surface area contributed by atoms with E-state index in [9.17, 15) is 4.79 Å². The molecule has 2 heterocycles. The summed E-state index contributed by atoms with van der Waals surface area (Å²) in [7, 11) is 0. The van der Waals surface area contributed by atoms with Crippen molar-refractivity contribution in [2.24, 2.45) is 5.92 Å². The van der Waals surface area contributed by atoms with Crippen molar-refractivity contribution in [3.8, 4) is 0 Å². The predicted molar refractivity (Wildman–Crippen MR) is 81.4 cm³/mol. The van der Waals surface area contributed by atoms with Crippen molar-refractivity contribution < 1.29 is 9.53 Å². The molecule has 116 valence electrons. The fraction of sp³-hybridized carbons (Fsp3) is 0.643. The zero-order valence-electron chi connectivity index (χ0n) is 12.6. The zero-order chi connectivity index (χ0) is 15.5. The summed E-state index contributed by atoms with van der Waals surface area (Å²) < 4.78 is 5.37. The normalized spacial score (nSPS) is 18.7. The molecular formula is C14H21ClN4O2. The first-order chi connectivity index (χ1) is 9.83. The number of hydrogen-bond acceptors (Lipinski definition) is 5. The van der Waals surface area contributed by atoms with Gasteiger partial charge in [0.05, 0.1) is 17.4 Å². The van der Waals surface area contributed by atoms with Crippen LogP contribution in [0, 0.1) is 5.92 Å². The van der Waals surface area contributed by atoms with Crippen molar-refractivity contribution in [2.45, 2.75) is 32.8 Å². The molecule has 1 amide bonds. The number of hydrogen-bond donors (Lipinski definition) is 1. The summed E-state index contributed by atoms with van der Waals surface area (Å²) in [6, 6.07) is 0. The van der Waals surface area contributed by atoms with Gasteiger partial charge in [0.25, 0.3) is 0 Å². The lowest BCUT2D eigenvalue weighted by atomic mass is 10.1. The molecule has 1 saturated heterocycles. The maximum absolute atomic E-state index is 12.0. The highest BCUT2D eigenvalue weighted by molar-refractivity contribution is 6.30. The second kappa shape index (κ2) is 6.47. The standard InChI is InChI=1S/C14H21ClN4O2/c1-14(2,3)21-13(20)19-5-4-10(9-19)6-16-12-17-7-11(15)8-18-12/h7-8,10H,4-6,9H2,1-3H3,(H,16,17,18)/t10-/m0/s1. The first-order valence-electron chi connectivity index (χ1n) is 7.03. The molecule has 1 aliphatic heterocycles. The van der Waals surface area contributed by atoms with Crippen LogP contribution in [0.4, 0.5) is 10.7 Å². The number of carbonyl (C=O) groups is 1. The number of amides is 1. The first-order valence-corrected chi connectivity index (χ1v) is 7.40. The molecule has 0 bridgehead atoms. The number of rotatable bonds is 3. The van der Waals surface area contributed by atoms with Gasteiger partial charge in [-0.3, -0.25) is 0 Å². The van der Waals surface area contributed by atoms with Gasteiger partial charge >= 0.3 is 6.09 Å². The van der Waals surface area contributed by atoms with Gasteiger partial charge in [0.15, 0.2) is 0 Å². The molecule has 0 aromatic carbocycles. The van der Waals surface area contributed by atoms with E-state index in [2.05, 4.69) is 15.3 Å². The van der Waals surface area contributed by atoms with Gasteiger partial charge in [-0.15, -0.1) is 0 Å². The number of carbonyl (C=O) groups excluding carboxylic acids is 1. The molecule has 2 rings (SSSR count). The smallest absolute Gasteiger partial charge is 0.410 e. The van der Waals surface area contributed by atoms with Crippen LogP contribution in [-0.2, 0) is 4.74 Å². The fourth-order valence-electron chi connectivity index (χ4n) is 2.13. The van der Waals surface area contributed by atoms with E-state index in [-0.39, 0.29) is 6.09 Å². The Morgan fingerprint density at radius 2 is 2.14 bits per heavy atom. The molecule has 0 spiro atoms. The Morgan fingerprint density at radius 3 is 2.76 bits per heavy atom. The van der Waals surface area contributed by atoms with Crippen LogP contribution in [0.3, 0.4) is 0 Å². The Morgan fingerprint density at radius 1 is 1.48 bits per heavy atom. The topological polar surface area (TPSA) is 67.3 Å². The van der Waals surface area contributed by atoms with E-state index in [1.807, 2.05) is 20.8 Å². The number of anilines is 1. The average Bonchev–Trinajstić information content (AvgIpc) is 2.85. The summed E-state index contributed by atoms with van der Waals surface area (Å²) in [5.74, 6) is 0.923. The van der Waals surface area contributed by atoms with Crippen molar-refractivity contribution in [3.63, 3.8) is 0 Å². The van der Waals surface area contributed by atoms with Gasteiger partial charge in [-0.25, -0.2) is 14.8 Å². The number of nitrogens with one attached hydrogen (secondary N) is 1. The second-order valence-electron chi connectivity index (χ2n) is 6.19. The highest BCUT2D eigenvalue weighted by atomic mass is 35.5. The molecular weight excluding hydrogens is 292 g/mol. The third kappa shape index (κ3) is 5.04. The van der Waals surface area contributed by atoms with Crippen molar-refractivity contribution in [1.82, 2.24) is 14.9 Å². The molecule has 0 radical (unpaired) electrons. The fourth-order valence-corrected chi connectivity index (χ4v) is 2.23. The van der Waals surface area contributed by atoms with Gasteiger partial charge in [-0.05, 0) is 33.1 Å². The van der Waals surface area contributed by atoms with Crippen LogP contribution < -0.4 is 5.32 Å². The van der Waals surface area contributed by atoms with Gasteiger partial charge in [-0.2, -0.15) is 0 Å². The van der Waals surface area contributed by atoms with Crippen molar-refractivity contribution in [3.05, 3.63) is 17.4 Å². The number of likely N-dealkylation sites (tertiary alicyclic amines) is 1. The maximum atomic E-state index is 12.0. The quantitative estimate of drug-likeness (QED) is 0.929. The van der Waals surface area contributed by atoms with E-state index < -0.39 is 5.60 Å². The summed E-state index contributed by atoms with van der Waals surface area (Å²) in [5, 5.41) is 3.67. The third-order valence-electron chi connectivity index (χ3n) is 3.11. The van der Waals surface area contributed by atoms with Gasteiger partial charge in [-0.1, -0.05) is 11.6 Å². The molecule has 1 fully saturated rings. The summed E-state index contributed by atoms with van der Waals surface area (Å²) in [6.07, 6.45) is 3.81. The van der Waals surface area contributed by atoms with Crippen LogP contribution in [0.25, 0.3) is 0 Å². The minimum absolute atomic E-state index is 0.243. The molecule has 1 aromatic heterocycles. The Bertz CT molecular complexity index is 487. The first kappa shape index (κ1) is 15.8. The van der Waals surface area contributed by atoms with E-state index in [4.69, 9.17) is 16.3 Å². The summed E-state index contributed by atoms with van der Waals surface area (Å²) in [4.78, 5) is 21.9. The van der Waals surface area contributed by atoms with Crippen LogP contribution in [0.15, 0.2) is 12.4 Å². The molecule has 0 aliphatic carbocycles. The lowest BCUT2D eigenvalue weighted by Crippen LogP contribution is -2.35. The minimum Gasteiger partial charge on any atom is -0.444 e. The Kier molecular flexibility index (Phi) is 4.88. The summed E-state index contributed by atoms with van der Waals surface area (Å²) in [5.41, 5.74) is -0.454. The third-order valence-corrected chi connectivity index (χ3v) is 3.30. The van der Waals surface area contributed by atoms with Crippen LogP contribution >= 0.6 is 11.6 Å². The average molecular weight is 313 g/mol. The molecule has 1 aromatic rings. The number of aromatic nitrogens is 2. The lowest BCUT2D eigenvalue weighted by Gasteiger charge is -2.24. The van der Waals surface area contributed by atoms with Crippen LogP contribution in [-0.4, -0.2) is 46.2 Å². The van der Waals surface area contributed by atoms with E-state index in [0.29, 0.717) is 23.4 Å². The van der Waals surface area contributed by atoms with Gasteiger partial charge in [0.2, 0.25) is 5.95 Å². The van der Waals surface area contributed by atoms with E-state index in [1.165, 1.54) is 0 Å². The predicted octanol–water partition coefficient (Wildman–Crippen LogP) is 2.80. The van der Waals surface area contributed by atoms with Crippen LogP contribution in [0.2, 0.25) is 5.02 Å². The van der Waals surface area contributed by atoms with Gasteiger partial charge < -0.3 is 15.0 Å². The van der Waals surface area contributed by atoms with E-state index >= 15 is 0 Å². The van der Waals surface area contributed by atoms with E-state index in [1.54, 1.807) is 17.3 Å². The van der Waals surface area contributed by atoms with Gasteiger partial charge in [0, 0.05) is 19.6 Å². The maximum Gasteiger partial charge on any atom is 0.410 e. The number of nitrogens with zero attached hydrogens (tertiary/aromatic N) is 3. The minimum atomic E-state index is -0.454. The Labute approximate surface area is 129 Å². The lowest BCUT2D eigenvalue weighted by molar-refractivity contribution is 0.0289. The molecule has 7 heteroatoms. The largest absolute Gasteiger partial charge is 0.444 e. The second-order valence-corrected chi connectivity index (χ2v) is 6.62. The van der Waals surface area contributed by atoms with Crippen LogP contribution in [0.5, 0.6) is 0 Å². The SMILES string of the molecule is CC(C)(C)OC(=O)N1CC[C@@H](CNc2ncc(Cl)cn2)C1. The molecule has 0 unspecified atom stereocenters. The number of ether oxygens (including phenoxy) is 1. The Balaban J connectivity index is 1.77. The molecule has 1 N–H and O–H groups in total. The van der Waals surface area contributed by atoms with Crippen LogP contribution in [0.1, 0.15) is 27.2 Å². The molecule has 1 aliphatic rings. The van der Waals surface area contributed by atoms with E-state index in [0.717, 1.165) is 19.5 Å². The zero-order valence-corrected chi connectivity index (χ0v) is 13.4. The molecule has 6 nitrogen and oxygen atoms in total. The highest BCUT2D eigenvalue weighted by Gasteiger charge is 2.29. The van der Waals surface area contributed by atoms with Gasteiger partial charge in [0.1, 0.15) is 5.60 Å². The monoisotopic (exact) mass is 312 g/mol. The molecule has 1 atom stereocenters. The van der Waals surface area contributed by atoms with Crippen molar-refractivity contribution in [2.75, 3.05) is 25.0 Å². The van der Waals surface area contributed by atoms with Crippen molar-refractivity contribution in [1.29, 1.82) is 0 Å². The summed E-state index contributed by atoms with van der Waals surface area (Å²) in [6.45, 7) is 7.76. The Hall–Kier alpha value is -1.56. The highest BCUT2D eigenvalue weighted by Crippen LogP contribution is 2.19.